The number of aromatic nitrogens is 4. The molecule has 0 bridgehead atoms. The fourth-order valence-electron chi connectivity index (χ4n) is 3.40. The lowest BCUT2D eigenvalue weighted by atomic mass is 9.96. The van der Waals surface area contributed by atoms with Crippen molar-refractivity contribution in [1.82, 2.24) is 19.5 Å². The normalized spacial score (nSPS) is 16.0. The molecule has 0 aliphatic carbocycles. The van der Waals surface area contributed by atoms with Gasteiger partial charge in [-0.2, -0.15) is 0 Å². The van der Waals surface area contributed by atoms with Crippen LogP contribution in [-0.4, -0.2) is 33.2 Å². The fourth-order valence-corrected chi connectivity index (χ4v) is 3.40. The number of rotatable bonds is 5. The smallest absolute Gasteiger partial charge is 0.164 e. The van der Waals surface area contributed by atoms with Crippen LogP contribution in [-0.2, 0) is 19.4 Å². The minimum Gasteiger partial charge on any atom is -0.493 e. The van der Waals surface area contributed by atoms with Gasteiger partial charge in [0.05, 0.1) is 13.7 Å². The molecule has 1 aliphatic heterocycles. The number of imidazole rings is 1. The van der Waals surface area contributed by atoms with E-state index < -0.39 is 0 Å². The minimum absolute atomic E-state index is 0.370. The van der Waals surface area contributed by atoms with Crippen LogP contribution in [0.15, 0.2) is 42.9 Å². The van der Waals surface area contributed by atoms with Gasteiger partial charge in [-0.05, 0) is 24.1 Å². The highest BCUT2D eigenvalue weighted by Gasteiger charge is 2.24. The van der Waals surface area contributed by atoms with Crippen molar-refractivity contribution in [3.63, 3.8) is 0 Å². The van der Waals surface area contributed by atoms with E-state index in [0.717, 1.165) is 48.2 Å². The van der Waals surface area contributed by atoms with E-state index in [9.17, 15) is 0 Å². The summed E-state index contributed by atoms with van der Waals surface area (Å²) >= 11 is 0. The zero-order valence-corrected chi connectivity index (χ0v) is 15.1. The van der Waals surface area contributed by atoms with E-state index >= 15 is 0 Å². The number of hydrogen-bond donors (Lipinski definition) is 0. The molecule has 1 aromatic carbocycles. The van der Waals surface area contributed by atoms with Gasteiger partial charge >= 0.3 is 0 Å². The molecular weight excluding hydrogens is 328 g/mol. The van der Waals surface area contributed by atoms with Gasteiger partial charge in [0.25, 0.3) is 0 Å². The molecule has 3 heterocycles. The number of aryl methyl sites for hydroxylation is 1. The lowest BCUT2D eigenvalue weighted by molar-refractivity contribution is 0.198. The molecule has 1 unspecified atom stereocenters. The maximum Gasteiger partial charge on any atom is 0.164 e. The molecule has 0 N–H and O–H groups in total. The van der Waals surface area contributed by atoms with Crippen molar-refractivity contribution in [1.29, 1.82) is 0 Å². The fraction of sp³-hybridized carbons (Fsp3) is 0.350. The molecule has 0 saturated heterocycles. The van der Waals surface area contributed by atoms with Crippen LogP contribution in [0.1, 0.15) is 18.3 Å². The van der Waals surface area contributed by atoms with Crippen molar-refractivity contribution in [3.8, 4) is 23.0 Å². The first-order valence-electron chi connectivity index (χ1n) is 8.90. The molecule has 26 heavy (non-hydrogen) atoms. The molecule has 0 fully saturated rings. The van der Waals surface area contributed by atoms with Crippen LogP contribution >= 0.6 is 0 Å². The molecule has 0 spiro atoms. The van der Waals surface area contributed by atoms with Gasteiger partial charge in [0.1, 0.15) is 11.5 Å². The van der Waals surface area contributed by atoms with Gasteiger partial charge in [-0.3, -0.25) is 0 Å². The van der Waals surface area contributed by atoms with E-state index in [1.54, 1.807) is 13.3 Å². The van der Waals surface area contributed by atoms with Crippen LogP contribution in [0.5, 0.6) is 11.5 Å². The molecule has 134 valence electrons. The zero-order valence-electron chi connectivity index (χ0n) is 15.1. The van der Waals surface area contributed by atoms with E-state index in [1.165, 1.54) is 5.56 Å². The number of nitrogens with zero attached hydrogens (tertiary/aromatic N) is 4. The van der Waals surface area contributed by atoms with Gasteiger partial charge in [-0.1, -0.05) is 19.1 Å². The van der Waals surface area contributed by atoms with Crippen molar-refractivity contribution in [2.75, 3.05) is 13.7 Å². The van der Waals surface area contributed by atoms with Gasteiger partial charge in [0.15, 0.2) is 17.3 Å². The van der Waals surface area contributed by atoms with Crippen LogP contribution in [0.3, 0.4) is 0 Å². The zero-order chi connectivity index (χ0) is 17.9. The van der Waals surface area contributed by atoms with Crippen molar-refractivity contribution in [3.05, 3.63) is 54.2 Å². The predicted molar refractivity (Wildman–Crippen MR) is 98.3 cm³/mol. The van der Waals surface area contributed by atoms with E-state index in [-0.39, 0.29) is 0 Å². The molecule has 6 heteroatoms. The van der Waals surface area contributed by atoms with Crippen molar-refractivity contribution in [2.45, 2.75) is 26.3 Å². The Balaban J connectivity index is 1.55. The van der Waals surface area contributed by atoms with E-state index in [2.05, 4.69) is 32.5 Å². The highest BCUT2D eigenvalue weighted by molar-refractivity contribution is 5.49. The van der Waals surface area contributed by atoms with Gasteiger partial charge in [-0.15, -0.1) is 0 Å². The molecule has 4 rings (SSSR count). The maximum atomic E-state index is 6.00. The first-order valence-corrected chi connectivity index (χ1v) is 8.90. The number of methoxy groups -OCH3 is 1. The Morgan fingerprint density at radius 1 is 1.23 bits per heavy atom. The molecule has 0 radical (unpaired) electrons. The first kappa shape index (κ1) is 16.6. The monoisotopic (exact) mass is 350 g/mol. The summed E-state index contributed by atoms with van der Waals surface area (Å²) in [5.74, 6) is 3.76. The van der Waals surface area contributed by atoms with E-state index in [1.807, 2.05) is 30.6 Å². The third-order valence-electron chi connectivity index (χ3n) is 4.67. The molecule has 0 amide bonds. The second-order valence-corrected chi connectivity index (χ2v) is 6.44. The minimum atomic E-state index is 0.370. The van der Waals surface area contributed by atoms with Crippen molar-refractivity contribution in [2.24, 2.45) is 5.92 Å². The molecule has 1 aliphatic rings. The van der Waals surface area contributed by atoms with Gasteiger partial charge in [0, 0.05) is 37.5 Å². The average molecular weight is 350 g/mol. The predicted octanol–water partition coefficient (Wildman–Crippen LogP) is 3.16. The highest BCUT2D eigenvalue weighted by Crippen LogP contribution is 2.36. The Labute approximate surface area is 152 Å². The lowest BCUT2D eigenvalue weighted by Crippen LogP contribution is -2.25. The van der Waals surface area contributed by atoms with Crippen LogP contribution in [0, 0.1) is 5.92 Å². The topological polar surface area (TPSA) is 62.1 Å². The van der Waals surface area contributed by atoms with E-state index in [4.69, 9.17) is 9.47 Å². The summed E-state index contributed by atoms with van der Waals surface area (Å²) in [5, 5.41) is 0. The Kier molecular flexibility index (Phi) is 4.56. The quantitative estimate of drug-likeness (QED) is 0.707. The maximum absolute atomic E-state index is 6.00. The molecule has 3 aromatic rings. The number of fused-ring (bicyclic) bond motifs is 1. The number of para-hydroxylation sites is 1. The molecule has 0 saturated carbocycles. The number of benzene rings is 1. The molecule has 1 atom stereocenters. The summed E-state index contributed by atoms with van der Waals surface area (Å²) in [6.45, 7) is 3.54. The van der Waals surface area contributed by atoms with Crippen molar-refractivity contribution < 1.29 is 9.47 Å². The Bertz CT molecular complexity index is 906. The van der Waals surface area contributed by atoms with Gasteiger partial charge in [0.2, 0.25) is 0 Å². The summed E-state index contributed by atoms with van der Waals surface area (Å²) in [6.07, 6.45) is 7.39. The Morgan fingerprint density at radius 3 is 3.00 bits per heavy atom. The van der Waals surface area contributed by atoms with Crippen LogP contribution < -0.4 is 9.47 Å². The third kappa shape index (κ3) is 3.14. The van der Waals surface area contributed by atoms with Crippen LogP contribution in [0.4, 0.5) is 0 Å². The Hall–Kier alpha value is -2.89. The second kappa shape index (κ2) is 7.15. The number of hydrogen-bond acceptors (Lipinski definition) is 5. The van der Waals surface area contributed by atoms with Crippen LogP contribution in [0.25, 0.3) is 11.5 Å². The molecule has 2 aromatic heterocycles. The Morgan fingerprint density at radius 2 is 2.15 bits per heavy atom. The second-order valence-electron chi connectivity index (χ2n) is 6.44. The first-order chi connectivity index (χ1) is 12.8. The highest BCUT2D eigenvalue weighted by atomic mass is 16.5. The summed E-state index contributed by atoms with van der Waals surface area (Å²) in [7, 11) is 1.68. The summed E-state index contributed by atoms with van der Waals surface area (Å²) < 4.78 is 13.6. The SMILES string of the molecule is CCc1nccc(-c2nccn2CC2COc3c(cccc3OC)C2)n1. The largest absolute Gasteiger partial charge is 0.493 e. The standard InChI is InChI=1S/C20H22N4O2/c1-3-18-21-8-7-16(23-18)20-22-9-10-24(20)12-14-11-15-5-4-6-17(25-2)19(15)26-13-14/h4-10,14H,3,11-13H2,1-2H3. The summed E-state index contributed by atoms with van der Waals surface area (Å²) in [6, 6.07) is 7.97. The average Bonchev–Trinajstić information content (AvgIpc) is 3.15. The molecule has 6 nitrogen and oxygen atoms in total. The van der Waals surface area contributed by atoms with Gasteiger partial charge in [-0.25, -0.2) is 15.0 Å². The summed E-state index contributed by atoms with van der Waals surface area (Å²) in [5.41, 5.74) is 2.05. The van der Waals surface area contributed by atoms with Crippen molar-refractivity contribution >= 4 is 0 Å². The number of ether oxygens (including phenoxy) is 2. The van der Waals surface area contributed by atoms with Crippen LogP contribution in [0.2, 0.25) is 0 Å². The summed E-state index contributed by atoms with van der Waals surface area (Å²) in [4.78, 5) is 13.4. The molecular formula is C20H22N4O2. The lowest BCUT2D eigenvalue weighted by Gasteiger charge is -2.27. The third-order valence-corrected chi connectivity index (χ3v) is 4.67. The van der Waals surface area contributed by atoms with Gasteiger partial charge < -0.3 is 14.0 Å². The van der Waals surface area contributed by atoms with E-state index in [0.29, 0.717) is 12.5 Å².